The lowest BCUT2D eigenvalue weighted by Crippen LogP contribution is -2.59. The van der Waals surface area contributed by atoms with E-state index in [-0.39, 0.29) is 6.61 Å². The third-order valence-electron chi connectivity index (χ3n) is 3.37. The van der Waals surface area contributed by atoms with Crippen LogP contribution in [0, 0.1) is 5.92 Å². The lowest BCUT2D eigenvalue weighted by Gasteiger charge is -2.42. The molecule has 0 aromatic carbocycles. The van der Waals surface area contributed by atoms with Gasteiger partial charge in [0.1, 0.15) is 30.6 Å². The van der Waals surface area contributed by atoms with Crippen LogP contribution in [-0.2, 0) is 38.1 Å². The van der Waals surface area contributed by atoms with Crippen LogP contribution in [0.2, 0.25) is 0 Å². The molecule has 11 heteroatoms. The van der Waals surface area contributed by atoms with Crippen molar-refractivity contribution in [2.45, 2.75) is 52.2 Å². The number of hydrogen-bond acceptors (Lipinski definition) is 9. The van der Waals surface area contributed by atoms with Crippen molar-refractivity contribution in [3.05, 3.63) is 10.4 Å². The highest BCUT2D eigenvalue weighted by Crippen LogP contribution is 2.32. The third kappa shape index (κ3) is 5.73. The van der Waals surface area contributed by atoms with Crippen molar-refractivity contribution in [1.82, 2.24) is 0 Å². The number of carbonyl (C=O) groups is 4. The predicted molar refractivity (Wildman–Crippen MR) is 79.7 cm³/mol. The maximum absolute atomic E-state index is 12.1. The van der Waals surface area contributed by atoms with E-state index in [1.807, 2.05) is 0 Å². The number of ether oxygens (including phenoxy) is 4. The summed E-state index contributed by atoms with van der Waals surface area (Å²) < 4.78 is 20.5. The minimum absolute atomic E-state index is 0.349. The fourth-order valence-electron chi connectivity index (χ4n) is 2.52. The molecular weight excluding hydrogens is 340 g/mol. The van der Waals surface area contributed by atoms with Gasteiger partial charge in [0.2, 0.25) is 6.29 Å². The molecule has 0 bridgehead atoms. The maximum atomic E-state index is 12.1. The molecule has 0 radical (unpaired) electrons. The second-order valence-corrected chi connectivity index (χ2v) is 5.36. The normalized spacial score (nSPS) is 28.2. The van der Waals surface area contributed by atoms with E-state index in [0.29, 0.717) is 0 Å². The van der Waals surface area contributed by atoms with Crippen molar-refractivity contribution in [1.29, 1.82) is 0 Å². The van der Waals surface area contributed by atoms with Gasteiger partial charge in [-0.05, 0) is 12.5 Å². The minimum atomic E-state index is -1.39. The summed E-state index contributed by atoms with van der Waals surface area (Å²) in [6.45, 7) is 4.26. The Bertz CT molecular complexity index is 601. The van der Waals surface area contributed by atoms with Gasteiger partial charge in [0, 0.05) is 25.7 Å². The quantitative estimate of drug-likeness (QED) is 0.167. The molecule has 1 fully saturated rings. The molecule has 1 heterocycles. The van der Waals surface area contributed by atoms with Gasteiger partial charge in [0.05, 0.1) is 5.92 Å². The van der Waals surface area contributed by atoms with Crippen LogP contribution < -0.4 is 0 Å². The van der Waals surface area contributed by atoms with Gasteiger partial charge in [-0.25, -0.2) is 0 Å². The van der Waals surface area contributed by atoms with E-state index in [4.69, 9.17) is 24.5 Å². The van der Waals surface area contributed by atoms with Crippen molar-refractivity contribution >= 4 is 23.7 Å². The lowest BCUT2D eigenvalue weighted by atomic mass is 9.84. The van der Waals surface area contributed by atoms with E-state index < -0.39 is 54.1 Å². The number of rotatable bonds is 6. The monoisotopic (exact) mass is 359 g/mol. The fraction of sp³-hybridized carbons (Fsp3) is 0.714. The van der Waals surface area contributed by atoms with E-state index in [0.717, 1.165) is 13.8 Å². The van der Waals surface area contributed by atoms with Crippen LogP contribution in [0.3, 0.4) is 0 Å². The maximum Gasteiger partial charge on any atom is 0.304 e. The summed E-state index contributed by atoms with van der Waals surface area (Å²) in [5, 5.41) is 3.47. The van der Waals surface area contributed by atoms with Crippen LogP contribution >= 0.6 is 0 Å². The predicted octanol–water partition coefficient (Wildman–Crippen LogP) is 0.653. The largest absolute Gasteiger partial charge is 0.463 e. The molecule has 11 nitrogen and oxygen atoms in total. The molecule has 1 rings (SSSR count). The van der Waals surface area contributed by atoms with Crippen molar-refractivity contribution in [2.24, 2.45) is 11.0 Å². The molecule has 1 saturated heterocycles. The van der Waals surface area contributed by atoms with Gasteiger partial charge in [0.25, 0.3) is 0 Å². The van der Waals surface area contributed by atoms with Crippen molar-refractivity contribution in [3.8, 4) is 0 Å². The van der Waals surface area contributed by atoms with Gasteiger partial charge in [-0.15, -0.1) is 0 Å². The Morgan fingerprint density at radius 3 is 2.16 bits per heavy atom. The van der Waals surface area contributed by atoms with Crippen molar-refractivity contribution in [3.63, 3.8) is 0 Å². The Labute approximate surface area is 143 Å². The summed E-state index contributed by atoms with van der Waals surface area (Å²) >= 11 is 0. The number of carbonyl (C=O) groups excluding carboxylic acids is 4. The fourth-order valence-corrected chi connectivity index (χ4v) is 2.52. The number of hydrogen-bond donors (Lipinski definition) is 0. The second kappa shape index (κ2) is 9.00. The van der Waals surface area contributed by atoms with Crippen LogP contribution in [0.4, 0.5) is 0 Å². The SMILES string of the molecule is CC(=O)OC[C@H]1O[C@H](OC(C)=O)[C@@H](N=[N+]=[N-])[C@@H](C(C)=[18O])[C@@H]1OC(C)=O. The Hall–Kier alpha value is -2.65. The van der Waals surface area contributed by atoms with Crippen LogP contribution in [0.15, 0.2) is 5.11 Å². The Kier molecular flexibility index (Phi) is 7.34. The average Bonchev–Trinajstić information content (AvgIpc) is 2.46. The number of Topliss-reactive ketones (excluding diaryl/α,β-unsaturated/α-hetero) is 1. The third-order valence-corrected chi connectivity index (χ3v) is 3.37. The minimum Gasteiger partial charge on any atom is -0.463 e. The zero-order valence-corrected chi connectivity index (χ0v) is 14.2. The van der Waals surface area contributed by atoms with Gasteiger partial charge in [-0.3, -0.25) is 19.2 Å². The number of esters is 3. The second-order valence-electron chi connectivity index (χ2n) is 5.36. The van der Waals surface area contributed by atoms with E-state index in [9.17, 15) is 19.2 Å². The van der Waals surface area contributed by atoms with Crippen LogP contribution in [-0.4, -0.2) is 54.8 Å². The number of azide groups is 1. The first-order chi connectivity index (χ1) is 11.7. The molecule has 0 aliphatic carbocycles. The molecule has 138 valence electrons. The first kappa shape index (κ1) is 20.4. The summed E-state index contributed by atoms with van der Waals surface area (Å²) in [5.74, 6) is -3.68. The van der Waals surface area contributed by atoms with Gasteiger partial charge >= 0.3 is 17.9 Å². The van der Waals surface area contributed by atoms with Gasteiger partial charge < -0.3 is 18.9 Å². The van der Waals surface area contributed by atoms with Gasteiger partial charge in [0.15, 0.2) is 0 Å². The highest BCUT2D eigenvalue weighted by Gasteiger charge is 2.51. The molecule has 0 amide bonds. The van der Waals surface area contributed by atoms with E-state index >= 15 is 0 Å². The first-order valence-electron chi connectivity index (χ1n) is 7.35. The highest BCUT2D eigenvalue weighted by atomic mass is 18.1. The number of ketones is 1. The molecule has 0 unspecified atom stereocenters. The molecule has 0 spiro atoms. The topological polar surface area (TPSA) is 154 Å². The zero-order valence-electron chi connectivity index (χ0n) is 14.2. The smallest absolute Gasteiger partial charge is 0.304 e. The summed E-state index contributed by atoms with van der Waals surface area (Å²) in [4.78, 5) is 48.5. The van der Waals surface area contributed by atoms with Crippen molar-refractivity contribution < 1.29 is 38.1 Å². The van der Waals surface area contributed by atoms with Crippen LogP contribution in [0.25, 0.3) is 10.4 Å². The number of nitrogens with zero attached hydrogens (tertiary/aromatic N) is 3. The highest BCUT2D eigenvalue weighted by molar-refractivity contribution is 5.81. The molecular formula is C14H19N3O8. The molecule has 1 aliphatic rings. The van der Waals surface area contributed by atoms with Crippen LogP contribution in [0.1, 0.15) is 27.7 Å². The first-order valence-corrected chi connectivity index (χ1v) is 7.35. The lowest BCUT2D eigenvalue weighted by molar-refractivity contribution is -0.251. The van der Waals surface area contributed by atoms with Gasteiger partial charge in [-0.1, -0.05) is 5.11 Å². The Morgan fingerprint density at radius 1 is 1.12 bits per heavy atom. The molecule has 5 atom stereocenters. The average molecular weight is 359 g/mol. The standard InChI is InChI=1S/C14H19N3O8/c1-6(18)11-12(16-17-15)14(24-9(4)21)25-10(5-22-7(2)19)13(11)23-8(3)20/h10-14H,5H2,1-4H3/t10-,11-,12+,13-,14+/m1/s1/i18+2. The van der Waals surface area contributed by atoms with E-state index in [2.05, 4.69) is 10.0 Å². The molecule has 0 aromatic rings. The van der Waals surface area contributed by atoms with Crippen molar-refractivity contribution in [2.75, 3.05) is 6.61 Å². The Morgan fingerprint density at radius 2 is 1.72 bits per heavy atom. The Balaban J connectivity index is 3.27. The summed E-state index contributed by atoms with van der Waals surface area (Å²) in [6.07, 6.45) is -3.66. The zero-order chi connectivity index (χ0) is 19.1. The van der Waals surface area contributed by atoms with Gasteiger partial charge in [-0.2, -0.15) is 0 Å². The van der Waals surface area contributed by atoms with E-state index in [1.165, 1.54) is 13.8 Å². The van der Waals surface area contributed by atoms with Crippen LogP contribution in [0.5, 0.6) is 0 Å². The molecule has 0 aromatic heterocycles. The molecule has 1 aliphatic heterocycles. The summed E-state index contributed by atoms with van der Waals surface area (Å²) in [5.41, 5.74) is 8.75. The summed E-state index contributed by atoms with van der Waals surface area (Å²) in [6, 6.07) is -1.25. The molecule has 25 heavy (non-hydrogen) atoms. The molecule has 0 saturated carbocycles. The van der Waals surface area contributed by atoms with E-state index in [1.54, 1.807) is 0 Å². The summed E-state index contributed by atoms with van der Waals surface area (Å²) in [7, 11) is 0. The molecule has 0 N–H and O–H groups in total.